The molecule has 0 bridgehead atoms. The van der Waals surface area contributed by atoms with Gasteiger partial charge in [0.25, 0.3) is 0 Å². The summed E-state index contributed by atoms with van der Waals surface area (Å²) >= 11 is 0. The fraction of sp³-hybridized carbons (Fsp3) is 0.412. The second kappa shape index (κ2) is 6.43. The van der Waals surface area contributed by atoms with Gasteiger partial charge < -0.3 is 9.47 Å². The average Bonchev–Trinajstić information content (AvgIpc) is 3.14. The number of hydrogen-bond donors (Lipinski definition) is 0. The summed E-state index contributed by atoms with van der Waals surface area (Å²) in [6.07, 6.45) is 0.314. The number of fused-ring (bicyclic) bond motifs is 1. The molecule has 1 heterocycles. The first kappa shape index (κ1) is 16.2. The molecule has 2 aromatic rings. The van der Waals surface area contributed by atoms with Gasteiger partial charge in [-0.2, -0.15) is 0 Å². The Balaban J connectivity index is 1.99. The largest absolute Gasteiger partial charge is 0.465 e. The van der Waals surface area contributed by atoms with Crippen LogP contribution in [-0.2, 0) is 31.9 Å². The van der Waals surface area contributed by atoms with Crippen LogP contribution in [0.4, 0.5) is 0 Å². The summed E-state index contributed by atoms with van der Waals surface area (Å²) in [6, 6.07) is 9.47. The van der Waals surface area contributed by atoms with E-state index in [0.29, 0.717) is 5.69 Å². The number of nitrogens with zero attached hydrogens (tertiary/aromatic N) is 3. The van der Waals surface area contributed by atoms with Crippen molar-refractivity contribution in [3.63, 3.8) is 0 Å². The van der Waals surface area contributed by atoms with Crippen molar-refractivity contribution >= 4 is 11.9 Å². The van der Waals surface area contributed by atoms with Crippen molar-refractivity contribution in [1.82, 2.24) is 15.0 Å². The third-order valence-electron chi connectivity index (χ3n) is 4.12. The van der Waals surface area contributed by atoms with Gasteiger partial charge in [0, 0.05) is 12.8 Å². The predicted octanol–water partition coefficient (Wildman–Crippen LogP) is 1.48. The van der Waals surface area contributed by atoms with E-state index in [2.05, 4.69) is 10.3 Å². The summed E-state index contributed by atoms with van der Waals surface area (Å²) in [5, 5.41) is 8.30. The zero-order valence-electron chi connectivity index (χ0n) is 13.7. The molecule has 0 spiro atoms. The first-order valence-corrected chi connectivity index (χ1v) is 7.95. The molecule has 24 heavy (non-hydrogen) atoms. The number of benzene rings is 1. The fourth-order valence-electron chi connectivity index (χ4n) is 2.97. The van der Waals surface area contributed by atoms with E-state index in [0.717, 1.165) is 11.4 Å². The van der Waals surface area contributed by atoms with E-state index in [4.69, 9.17) is 9.47 Å². The van der Waals surface area contributed by atoms with Crippen molar-refractivity contribution in [1.29, 1.82) is 0 Å². The van der Waals surface area contributed by atoms with Crippen LogP contribution >= 0.6 is 0 Å². The molecular formula is C17H19N3O4. The molecule has 0 aliphatic heterocycles. The highest BCUT2D eigenvalue weighted by molar-refractivity contribution is 6.01. The lowest BCUT2D eigenvalue weighted by Gasteiger charge is -2.24. The van der Waals surface area contributed by atoms with Gasteiger partial charge in [0.05, 0.1) is 30.3 Å². The molecule has 1 aliphatic carbocycles. The van der Waals surface area contributed by atoms with Gasteiger partial charge in [-0.15, -0.1) is 5.10 Å². The zero-order valence-corrected chi connectivity index (χ0v) is 13.7. The SMILES string of the molecule is CCOC(=O)C1(C(=O)OCC)Cc2nnn(-c3ccccc3)c2C1. The van der Waals surface area contributed by atoms with E-state index in [1.807, 2.05) is 30.3 Å². The van der Waals surface area contributed by atoms with E-state index < -0.39 is 17.4 Å². The Morgan fingerprint density at radius 2 is 1.71 bits per heavy atom. The summed E-state index contributed by atoms with van der Waals surface area (Å²) in [6.45, 7) is 3.83. The van der Waals surface area contributed by atoms with Crippen molar-refractivity contribution < 1.29 is 19.1 Å². The molecule has 0 unspecified atom stereocenters. The molecule has 0 saturated carbocycles. The van der Waals surface area contributed by atoms with Crippen LogP contribution in [0, 0.1) is 5.41 Å². The molecule has 126 valence electrons. The molecule has 0 radical (unpaired) electrons. The minimum atomic E-state index is -1.37. The standard InChI is InChI=1S/C17H19N3O4/c1-3-23-15(21)17(16(22)24-4-2)10-13-14(11-17)20(19-18-13)12-8-6-5-7-9-12/h5-9H,3-4,10-11H2,1-2H3. The maximum Gasteiger partial charge on any atom is 0.324 e. The monoisotopic (exact) mass is 329 g/mol. The van der Waals surface area contributed by atoms with Gasteiger partial charge in [-0.05, 0) is 26.0 Å². The number of carbonyl (C=O) groups is 2. The molecule has 1 aromatic carbocycles. The van der Waals surface area contributed by atoms with E-state index >= 15 is 0 Å². The highest BCUT2D eigenvalue weighted by atomic mass is 16.6. The topological polar surface area (TPSA) is 83.3 Å². The molecule has 7 nitrogen and oxygen atoms in total. The van der Waals surface area contributed by atoms with Crippen LogP contribution in [0.5, 0.6) is 0 Å². The number of para-hydroxylation sites is 1. The highest BCUT2D eigenvalue weighted by Crippen LogP contribution is 2.39. The molecule has 3 rings (SSSR count). The quantitative estimate of drug-likeness (QED) is 0.610. The molecular weight excluding hydrogens is 310 g/mol. The van der Waals surface area contributed by atoms with Crippen LogP contribution in [0.1, 0.15) is 25.2 Å². The van der Waals surface area contributed by atoms with E-state index in [9.17, 15) is 9.59 Å². The smallest absolute Gasteiger partial charge is 0.324 e. The minimum Gasteiger partial charge on any atom is -0.465 e. The number of carbonyl (C=O) groups excluding carboxylic acids is 2. The van der Waals surface area contributed by atoms with E-state index in [1.54, 1.807) is 18.5 Å². The predicted molar refractivity (Wildman–Crippen MR) is 84.5 cm³/mol. The van der Waals surface area contributed by atoms with E-state index in [-0.39, 0.29) is 26.1 Å². The number of esters is 2. The van der Waals surface area contributed by atoms with Gasteiger partial charge in [-0.3, -0.25) is 9.59 Å². The van der Waals surface area contributed by atoms with Gasteiger partial charge in [0.1, 0.15) is 0 Å². The molecule has 1 aromatic heterocycles. The molecule has 0 fully saturated rings. The summed E-state index contributed by atoms with van der Waals surface area (Å²) < 4.78 is 12.0. The molecule has 0 atom stereocenters. The van der Waals surface area contributed by atoms with Crippen LogP contribution in [0.15, 0.2) is 30.3 Å². The van der Waals surface area contributed by atoms with Crippen molar-refractivity contribution in [3.05, 3.63) is 41.7 Å². The second-order valence-electron chi connectivity index (χ2n) is 5.61. The van der Waals surface area contributed by atoms with Gasteiger partial charge >= 0.3 is 11.9 Å². The lowest BCUT2D eigenvalue weighted by atomic mass is 9.85. The van der Waals surface area contributed by atoms with Crippen LogP contribution in [0.25, 0.3) is 5.69 Å². The maximum absolute atomic E-state index is 12.5. The van der Waals surface area contributed by atoms with Crippen molar-refractivity contribution in [2.45, 2.75) is 26.7 Å². The van der Waals surface area contributed by atoms with E-state index in [1.165, 1.54) is 0 Å². The average molecular weight is 329 g/mol. The van der Waals surface area contributed by atoms with Crippen LogP contribution in [0.3, 0.4) is 0 Å². The number of hydrogen-bond acceptors (Lipinski definition) is 6. The van der Waals surface area contributed by atoms with Crippen molar-refractivity contribution in [2.75, 3.05) is 13.2 Å². The zero-order chi connectivity index (χ0) is 17.2. The van der Waals surface area contributed by atoms with Crippen LogP contribution in [-0.4, -0.2) is 40.1 Å². The van der Waals surface area contributed by atoms with Gasteiger partial charge in [0.15, 0.2) is 5.41 Å². The number of ether oxygens (including phenoxy) is 2. The molecule has 0 amide bonds. The van der Waals surface area contributed by atoms with Crippen LogP contribution in [0.2, 0.25) is 0 Å². The van der Waals surface area contributed by atoms with Gasteiger partial charge in [-0.25, -0.2) is 4.68 Å². The summed E-state index contributed by atoms with van der Waals surface area (Å²) in [4.78, 5) is 25.0. The first-order chi connectivity index (χ1) is 11.6. The summed E-state index contributed by atoms with van der Waals surface area (Å²) in [5.41, 5.74) is 0.820. The second-order valence-corrected chi connectivity index (χ2v) is 5.61. The Labute approximate surface area is 139 Å². The Morgan fingerprint density at radius 1 is 1.08 bits per heavy atom. The molecule has 0 saturated heterocycles. The summed E-state index contributed by atoms with van der Waals surface area (Å²) in [7, 11) is 0. The van der Waals surface area contributed by atoms with Gasteiger partial charge in [-0.1, -0.05) is 23.4 Å². The minimum absolute atomic E-state index is 0.146. The Morgan fingerprint density at radius 3 is 2.29 bits per heavy atom. The van der Waals surface area contributed by atoms with Crippen molar-refractivity contribution in [3.8, 4) is 5.69 Å². The third-order valence-corrected chi connectivity index (χ3v) is 4.12. The molecule has 7 heteroatoms. The fourth-order valence-corrected chi connectivity index (χ4v) is 2.97. The normalized spacial score (nSPS) is 14.9. The summed E-state index contributed by atoms with van der Waals surface area (Å²) in [5.74, 6) is -1.14. The lowest BCUT2D eigenvalue weighted by Crippen LogP contribution is -2.43. The Bertz CT molecular complexity index is 736. The number of aromatic nitrogens is 3. The number of rotatable bonds is 5. The maximum atomic E-state index is 12.5. The van der Waals surface area contributed by atoms with Crippen molar-refractivity contribution in [2.24, 2.45) is 5.41 Å². The van der Waals surface area contributed by atoms with Crippen LogP contribution < -0.4 is 0 Å². The highest BCUT2D eigenvalue weighted by Gasteiger charge is 2.55. The molecule has 0 N–H and O–H groups in total. The van der Waals surface area contributed by atoms with Gasteiger partial charge in [0.2, 0.25) is 0 Å². The lowest BCUT2D eigenvalue weighted by molar-refractivity contribution is -0.171. The molecule has 1 aliphatic rings. The third kappa shape index (κ3) is 2.55. The Kier molecular flexibility index (Phi) is 4.33. The Hall–Kier alpha value is -2.70. The first-order valence-electron chi connectivity index (χ1n) is 7.95.